The third-order valence-electron chi connectivity index (χ3n) is 2.59. The summed E-state index contributed by atoms with van der Waals surface area (Å²) in [5.74, 6) is -0.733. The van der Waals surface area contributed by atoms with E-state index in [0.717, 1.165) is 0 Å². The molecule has 0 radical (unpaired) electrons. The quantitative estimate of drug-likeness (QED) is 0.587. The maximum Gasteiger partial charge on any atom is 0.330 e. The van der Waals surface area contributed by atoms with Gasteiger partial charge >= 0.3 is 11.7 Å². The molecule has 0 aliphatic rings. The van der Waals surface area contributed by atoms with Crippen LogP contribution in [0, 0.1) is 5.92 Å². The van der Waals surface area contributed by atoms with Gasteiger partial charge in [-0.15, -0.1) is 0 Å². The normalized spacial score (nSPS) is 11.2. The van der Waals surface area contributed by atoms with E-state index in [1.807, 2.05) is 13.8 Å². The molecule has 0 aliphatic carbocycles. The average molecular weight is 281 g/mol. The molecule has 0 spiro atoms. The number of aromatic nitrogens is 4. The van der Waals surface area contributed by atoms with E-state index in [4.69, 9.17) is 5.11 Å². The summed E-state index contributed by atoms with van der Waals surface area (Å²) in [6, 6.07) is 0. The van der Waals surface area contributed by atoms with E-state index in [-0.39, 0.29) is 29.6 Å². The van der Waals surface area contributed by atoms with E-state index in [0.29, 0.717) is 6.54 Å². The monoisotopic (exact) mass is 281 g/mol. The lowest BCUT2D eigenvalue weighted by molar-refractivity contribution is -0.134. The molecule has 0 aliphatic heterocycles. The summed E-state index contributed by atoms with van der Waals surface area (Å²) >= 11 is 0. The number of anilines is 1. The molecule has 2 rings (SSSR count). The zero-order chi connectivity index (χ0) is 14.9. The fourth-order valence-corrected chi connectivity index (χ4v) is 1.82. The average Bonchev–Trinajstić information content (AvgIpc) is 2.76. The predicted octanol–water partition coefficient (Wildman–Crippen LogP) is -0.435. The number of imidazole rings is 1. The molecule has 9 nitrogen and oxygen atoms in total. The first-order valence-corrected chi connectivity index (χ1v) is 6.07. The number of aromatic amines is 2. The van der Waals surface area contributed by atoms with Crippen LogP contribution in [0.2, 0.25) is 0 Å². The molecule has 0 unspecified atom stereocenters. The van der Waals surface area contributed by atoms with Gasteiger partial charge in [0.15, 0.2) is 11.2 Å². The molecule has 0 amide bonds. The zero-order valence-electron chi connectivity index (χ0n) is 11.1. The predicted molar refractivity (Wildman–Crippen MR) is 71.9 cm³/mol. The van der Waals surface area contributed by atoms with E-state index >= 15 is 0 Å². The van der Waals surface area contributed by atoms with E-state index in [2.05, 4.69) is 20.3 Å². The first kappa shape index (κ1) is 13.8. The van der Waals surface area contributed by atoms with Crippen LogP contribution in [0.15, 0.2) is 9.59 Å². The highest BCUT2D eigenvalue weighted by atomic mass is 16.4. The molecule has 0 saturated carbocycles. The van der Waals surface area contributed by atoms with Gasteiger partial charge in [-0.3, -0.25) is 19.1 Å². The third kappa shape index (κ3) is 2.71. The van der Waals surface area contributed by atoms with Crippen LogP contribution in [0.3, 0.4) is 0 Å². The summed E-state index contributed by atoms with van der Waals surface area (Å²) in [6.07, 6.45) is 0. The third-order valence-corrected chi connectivity index (χ3v) is 2.59. The number of carbonyl (C=O) groups is 1. The van der Waals surface area contributed by atoms with Crippen LogP contribution in [0.4, 0.5) is 5.95 Å². The molecule has 2 aromatic heterocycles. The van der Waals surface area contributed by atoms with Crippen LogP contribution in [-0.2, 0) is 11.3 Å². The molecule has 0 saturated heterocycles. The van der Waals surface area contributed by atoms with Gasteiger partial charge in [-0.1, -0.05) is 13.8 Å². The summed E-state index contributed by atoms with van der Waals surface area (Å²) in [7, 11) is 0. The Hall–Kier alpha value is -2.58. The van der Waals surface area contributed by atoms with Gasteiger partial charge in [0.2, 0.25) is 5.95 Å². The maximum atomic E-state index is 11.8. The Kier molecular flexibility index (Phi) is 3.59. The van der Waals surface area contributed by atoms with Crippen molar-refractivity contribution < 1.29 is 9.90 Å². The largest absolute Gasteiger partial charge is 0.480 e. The minimum absolute atomic E-state index is 0.135. The molecule has 2 heterocycles. The molecule has 0 aromatic carbocycles. The topological polar surface area (TPSA) is 133 Å². The van der Waals surface area contributed by atoms with Gasteiger partial charge in [-0.05, 0) is 5.92 Å². The van der Waals surface area contributed by atoms with Gasteiger partial charge in [-0.25, -0.2) is 4.79 Å². The van der Waals surface area contributed by atoms with Crippen LogP contribution in [0.1, 0.15) is 13.8 Å². The number of rotatable bonds is 5. The van der Waals surface area contributed by atoms with Crippen LogP contribution in [-0.4, -0.2) is 37.1 Å². The Morgan fingerprint density at radius 3 is 2.70 bits per heavy atom. The molecule has 9 heteroatoms. The molecule has 0 atom stereocenters. The summed E-state index contributed by atoms with van der Waals surface area (Å²) < 4.78 is 1.35. The van der Waals surface area contributed by atoms with Gasteiger partial charge < -0.3 is 15.4 Å². The molecular weight excluding hydrogens is 266 g/mol. The second kappa shape index (κ2) is 5.19. The van der Waals surface area contributed by atoms with Gasteiger partial charge in [0, 0.05) is 6.54 Å². The number of hydrogen-bond acceptors (Lipinski definition) is 5. The Morgan fingerprint density at radius 1 is 1.40 bits per heavy atom. The summed E-state index contributed by atoms with van der Waals surface area (Å²) in [5.41, 5.74) is -0.771. The zero-order valence-corrected chi connectivity index (χ0v) is 11.1. The van der Waals surface area contributed by atoms with Crippen molar-refractivity contribution in [2.75, 3.05) is 11.9 Å². The number of carboxylic acid groups (broad SMARTS) is 1. The Balaban J connectivity index is 2.53. The highest BCUT2D eigenvalue weighted by molar-refractivity contribution is 5.75. The number of nitrogens with zero attached hydrogens (tertiary/aromatic N) is 2. The van der Waals surface area contributed by atoms with E-state index in [9.17, 15) is 14.4 Å². The number of aliphatic carboxylic acids is 1. The first-order valence-electron chi connectivity index (χ1n) is 6.07. The molecule has 4 N–H and O–H groups in total. The lowest BCUT2D eigenvalue weighted by Crippen LogP contribution is -2.31. The summed E-state index contributed by atoms with van der Waals surface area (Å²) in [5, 5.41) is 11.1. The molecule has 2 aromatic rings. The number of H-pyrrole nitrogens is 2. The van der Waals surface area contributed by atoms with Crippen molar-refractivity contribution in [1.29, 1.82) is 0 Å². The molecule has 108 valence electrons. The lowest BCUT2D eigenvalue weighted by Gasteiger charge is -2.07. The van der Waals surface area contributed by atoms with Gasteiger partial charge in [0.05, 0.1) is 0 Å². The fraction of sp³-hybridized carbons (Fsp3) is 0.455. The van der Waals surface area contributed by atoms with Crippen LogP contribution >= 0.6 is 0 Å². The van der Waals surface area contributed by atoms with Crippen molar-refractivity contribution in [3.05, 3.63) is 20.8 Å². The van der Waals surface area contributed by atoms with Crippen molar-refractivity contribution >= 4 is 23.1 Å². The van der Waals surface area contributed by atoms with E-state index < -0.39 is 17.2 Å². The van der Waals surface area contributed by atoms with Crippen LogP contribution in [0.5, 0.6) is 0 Å². The van der Waals surface area contributed by atoms with Crippen molar-refractivity contribution in [3.63, 3.8) is 0 Å². The number of fused-ring (bicyclic) bond motifs is 1. The van der Waals surface area contributed by atoms with Crippen molar-refractivity contribution in [2.24, 2.45) is 5.92 Å². The minimum atomic E-state index is -1.06. The minimum Gasteiger partial charge on any atom is -0.480 e. The Bertz CT molecular complexity index is 754. The lowest BCUT2D eigenvalue weighted by atomic mass is 10.2. The van der Waals surface area contributed by atoms with Gasteiger partial charge in [0.1, 0.15) is 6.54 Å². The van der Waals surface area contributed by atoms with Crippen molar-refractivity contribution in [1.82, 2.24) is 19.5 Å². The Labute approximate surface area is 112 Å². The first-order chi connectivity index (χ1) is 9.38. The number of carboxylic acids is 1. The van der Waals surface area contributed by atoms with E-state index in [1.54, 1.807) is 0 Å². The van der Waals surface area contributed by atoms with Crippen LogP contribution < -0.4 is 16.6 Å². The van der Waals surface area contributed by atoms with Gasteiger partial charge in [0.25, 0.3) is 5.56 Å². The second-order valence-electron chi connectivity index (χ2n) is 4.80. The SMILES string of the molecule is CC(C)Cn1c(=O)[nH]c(=O)c2[nH]c(NCC(=O)O)nc21. The standard InChI is InChI=1S/C11H15N5O4/c1-5(2)4-16-8-7(9(19)15-11(16)20)13-10(14-8)12-3-6(17)18/h5H,3-4H2,1-2H3,(H,17,18)(H2,12,13,14)(H,15,19,20). The number of hydrogen-bond donors (Lipinski definition) is 4. The Morgan fingerprint density at radius 2 is 2.10 bits per heavy atom. The fourth-order valence-electron chi connectivity index (χ4n) is 1.82. The second-order valence-corrected chi connectivity index (χ2v) is 4.80. The summed E-state index contributed by atoms with van der Waals surface area (Å²) in [6.45, 7) is 3.92. The molecule has 0 fully saturated rings. The molecule has 20 heavy (non-hydrogen) atoms. The summed E-state index contributed by atoms with van der Waals surface area (Å²) in [4.78, 5) is 42.9. The number of nitrogens with one attached hydrogen (secondary N) is 3. The maximum absolute atomic E-state index is 11.8. The van der Waals surface area contributed by atoms with Crippen molar-refractivity contribution in [3.8, 4) is 0 Å². The molecule has 0 bridgehead atoms. The van der Waals surface area contributed by atoms with Gasteiger partial charge in [-0.2, -0.15) is 4.98 Å². The molecular formula is C11H15N5O4. The van der Waals surface area contributed by atoms with Crippen molar-refractivity contribution in [2.45, 2.75) is 20.4 Å². The smallest absolute Gasteiger partial charge is 0.330 e. The highest BCUT2D eigenvalue weighted by Gasteiger charge is 2.14. The van der Waals surface area contributed by atoms with Crippen LogP contribution in [0.25, 0.3) is 11.2 Å². The highest BCUT2D eigenvalue weighted by Crippen LogP contribution is 2.10. The van der Waals surface area contributed by atoms with E-state index in [1.165, 1.54) is 4.57 Å².